The number of aromatic nitrogens is 2. The molecule has 1 unspecified atom stereocenters. The van der Waals surface area contributed by atoms with Gasteiger partial charge in [0.1, 0.15) is 18.3 Å². The number of nitrogens with two attached hydrogens (primary N) is 1. The van der Waals surface area contributed by atoms with Crippen molar-refractivity contribution < 1.29 is 28.2 Å². The summed E-state index contributed by atoms with van der Waals surface area (Å²) in [7, 11) is 0. The SMILES string of the molecule is CC(C)(C)C[C@]1(c2ccc(-c3cnn(C(F)F)c3)cc2)N=C(N)N([C@H](COC(=O)NC2CC2)c2ccc(Cl)c(C3NCCC(=O)N3)c2)[C@H]1O. The lowest BCUT2D eigenvalue weighted by Gasteiger charge is -2.40. The van der Waals surface area contributed by atoms with Gasteiger partial charge in [0.15, 0.2) is 12.2 Å². The first-order valence-electron chi connectivity index (χ1n) is 16.2. The fourth-order valence-corrected chi connectivity index (χ4v) is 6.75. The smallest absolute Gasteiger partial charge is 0.407 e. The van der Waals surface area contributed by atoms with Gasteiger partial charge in [0, 0.05) is 41.4 Å². The van der Waals surface area contributed by atoms with Crippen LogP contribution in [0.3, 0.4) is 0 Å². The fraction of sp³-hybridized carbons (Fsp3) is 0.471. The van der Waals surface area contributed by atoms with Crippen molar-refractivity contribution in [2.24, 2.45) is 16.1 Å². The van der Waals surface area contributed by atoms with Crippen LogP contribution in [0.5, 0.6) is 0 Å². The quantitative estimate of drug-likeness (QED) is 0.200. The summed E-state index contributed by atoms with van der Waals surface area (Å²) in [5.74, 6) is -0.0788. The lowest BCUT2D eigenvalue weighted by Crippen LogP contribution is -2.51. The van der Waals surface area contributed by atoms with Gasteiger partial charge in [0.2, 0.25) is 5.91 Å². The van der Waals surface area contributed by atoms with Crippen molar-refractivity contribution in [1.29, 1.82) is 0 Å². The number of aliphatic hydroxyl groups excluding tert-OH is 1. The number of rotatable bonds is 10. The normalized spacial score (nSPS) is 23.3. The van der Waals surface area contributed by atoms with E-state index in [1.807, 2.05) is 20.8 Å². The van der Waals surface area contributed by atoms with Crippen LogP contribution in [-0.2, 0) is 15.1 Å². The number of benzene rings is 2. The number of alkyl halides is 2. The highest BCUT2D eigenvalue weighted by atomic mass is 35.5. The molecule has 49 heavy (non-hydrogen) atoms. The fourth-order valence-electron chi connectivity index (χ4n) is 6.53. The van der Waals surface area contributed by atoms with Gasteiger partial charge in [-0.25, -0.2) is 14.5 Å². The Bertz CT molecular complexity index is 1730. The van der Waals surface area contributed by atoms with Crippen LogP contribution in [0.25, 0.3) is 11.1 Å². The van der Waals surface area contributed by atoms with Crippen molar-refractivity contribution in [3.8, 4) is 11.1 Å². The number of hydrogen-bond acceptors (Lipinski definition) is 9. The second-order valence-corrected chi connectivity index (χ2v) is 14.4. The number of carbonyl (C=O) groups excluding carboxylic acids is 2. The van der Waals surface area contributed by atoms with Crippen LogP contribution in [0.15, 0.2) is 59.9 Å². The second-order valence-electron chi connectivity index (χ2n) is 14.0. The number of aliphatic imine (C=N–C) groups is 1. The third-order valence-corrected chi connectivity index (χ3v) is 9.26. The predicted octanol–water partition coefficient (Wildman–Crippen LogP) is 4.92. The maximum absolute atomic E-state index is 13.2. The van der Waals surface area contributed by atoms with Gasteiger partial charge in [-0.3, -0.25) is 10.1 Å². The summed E-state index contributed by atoms with van der Waals surface area (Å²) in [6.07, 6.45) is 2.67. The number of amides is 2. The van der Waals surface area contributed by atoms with Crippen LogP contribution >= 0.6 is 11.6 Å². The van der Waals surface area contributed by atoms with Crippen LogP contribution in [-0.4, -0.2) is 63.2 Å². The van der Waals surface area contributed by atoms with Gasteiger partial charge in [0.25, 0.3) is 0 Å². The number of aliphatic hydroxyl groups is 1. The van der Waals surface area contributed by atoms with Gasteiger partial charge in [-0.05, 0) is 53.5 Å². The summed E-state index contributed by atoms with van der Waals surface area (Å²) in [5.41, 5.74) is 8.16. The third kappa shape index (κ3) is 7.51. The highest BCUT2D eigenvalue weighted by Gasteiger charge is 2.53. The molecule has 6 N–H and O–H groups in total. The summed E-state index contributed by atoms with van der Waals surface area (Å²) < 4.78 is 32.6. The van der Waals surface area contributed by atoms with E-state index in [9.17, 15) is 23.5 Å². The van der Waals surface area contributed by atoms with E-state index >= 15 is 0 Å². The van der Waals surface area contributed by atoms with E-state index in [1.165, 1.54) is 12.4 Å². The molecule has 4 atom stereocenters. The van der Waals surface area contributed by atoms with Gasteiger partial charge in [0.05, 0.1) is 12.2 Å². The van der Waals surface area contributed by atoms with Crippen LogP contribution < -0.4 is 21.7 Å². The van der Waals surface area contributed by atoms with E-state index in [-0.39, 0.29) is 29.9 Å². The van der Waals surface area contributed by atoms with Crippen molar-refractivity contribution in [3.05, 3.63) is 76.6 Å². The van der Waals surface area contributed by atoms with Gasteiger partial charge >= 0.3 is 12.6 Å². The topological polar surface area (TPSA) is 159 Å². The number of carbonyl (C=O) groups is 2. The van der Waals surface area contributed by atoms with E-state index in [0.29, 0.717) is 56.9 Å². The summed E-state index contributed by atoms with van der Waals surface area (Å²) in [6, 6.07) is 11.7. The Morgan fingerprint density at radius 2 is 1.94 bits per heavy atom. The van der Waals surface area contributed by atoms with Gasteiger partial charge in [-0.1, -0.05) is 62.7 Å². The molecule has 1 saturated carbocycles. The van der Waals surface area contributed by atoms with Crippen molar-refractivity contribution in [2.45, 2.75) is 83.0 Å². The van der Waals surface area contributed by atoms with Crippen LogP contribution in [0.4, 0.5) is 13.6 Å². The first kappa shape index (κ1) is 34.6. The minimum absolute atomic E-state index is 0.0378. The molecule has 3 aromatic rings. The molecule has 15 heteroatoms. The van der Waals surface area contributed by atoms with Crippen molar-refractivity contribution in [2.75, 3.05) is 13.2 Å². The Morgan fingerprint density at radius 1 is 1.20 bits per heavy atom. The number of nitrogens with one attached hydrogen (secondary N) is 3. The average molecular weight is 699 g/mol. The van der Waals surface area contributed by atoms with Crippen molar-refractivity contribution in [3.63, 3.8) is 0 Å². The number of alkyl carbamates (subject to hydrolysis) is 1. The highest BCUT2D eigenvalue weighted by molar-refractivity contribution is 6.31. The van der Waals surface area contributed by atoms with E-state index in [2.05, 4.69) is 21.0 Å². The lowest BCUT2D eigenvalue weighted by molar-refractivity contribution is -0.123. The number of nitrogens with zero attached hydrogens (tertiary/aromatic N) is 4. The molecular formula is C34H41ClF2N8O4. The Balaban J connectivity index is 1.37. The first-order chi connectivity index (χ1) is 23.2. The zero-order valence-corrected chi connectivity index (χ0v) is 28.3. The van der Waals surface area contributed by atoms with Crippen molar-refractivity contribution >= 4 is 29.6 Å². The van der Waals surface area contributed by atoms with Gasteiger partial charge < -0.3 is 31.1 Å². The lowest BCUT2D eigenvalue weighted by atomic mass is 9.75. The maximum atomic E-state index is 13.2. The van der Waals surface area contributed by atoms with Crippen LogP contribution in [0.1, 0.15) is 81.9 Å². The highest BCUT2D eigenvalue weighted by Crippen LogP contribution is 2.47. The summed E-state index contributed by atoms with van der Waals surface area (Å²) in [6.45, 7) is 3.62. The summed E-state index contributed by atoms with van der Waals surface area (Å²) in [5, 5.41) is 25.5. The number of halogens is 3. The molecule has 0 spiro atoms. The third-order valence-electron chi connectivity index (χ3n) is 8.92. The molecular weight excluding hydrogens is 658 g/mol. The Labute approximate surface area is 288 Å². The molecule has 3 heterocycles. The molecule has 2 fully saturated rings. The molecule has 12 nitrogen and oxygen atoms in total. The van der Waals surface area contributed by atoms with Crippen molar-refractivity contribution in [1.82, 2.24) is 30.6 Å². The van der Waals surface area contributed by atoms with Gasteiger partial charge in [-0.15, -0.1) is 0 Å². The predicted molar refractivity (Wildman–Crippen MR) is 179 cm³/mol. The van der Waals surface area contributed by atoms with E-state index in [1.54, 1.807) is 47.4 Å². The van der Waals surface area contributed by atoms with E-state index < -0.39 is 36.6 Å². The minimum atomic E-state index is -2.76. The molecule has 3 aliphatic rings. The van der Waals surface area contributed by atoms with E-state index in [0.717, 1.165) is 12.8 Å². The molecule has 2 aliphatic heterocycles. The molecule has 262 valence electrons. The maximum Gasteiger partial charge on any atom is 0.407 e. The molecule has 1 aliphatic carbocycles. The molecule has 1 saturated heterocycles. The molecule has 6 rings (SSSR count). The zero-order valence-electron chi connectivity index (χ0n) is 27.5. The molecule has 0 radical (unpaired) electrons. The summed E-state index contributed by atoms with van der Waals surface area (Å²) >= 11 is 6.62. The first-order valence-corrected chi connectivity index (χ1v) is 16.6. The standard InChI is InChI=1S/C34H41ClF2N8O4/c1-33(2,3)18-34(22-7-4-19(5-8-22)21-15-40-44(16-21)30(36)37)29(47)45(31(38)43-34)26(17-49-32(48)41-23-9-10-23)20-6-11-25(35)24(14-20)28-39-13-12-27(46)42-28/h4-8,11,14-16,23,26,28-30,39,47H,9-10,12-13,17-18H2,1-3H3,(H2,38,43)(H,41,48)(H,42,46)/t26-,28?,29+,34-/m1/s1. The molecule has 1 aromatic heterocycles. The monoisotopic (exact) mass is 698 g/mol. The zero-order chi connectivity index (χ0) is 35.1. The van der Waals surface area contributed by atoms with E-state index in [4.69, 9.17) is 27.1 Å². The summed E-state index contributed by atoms with van der Waals surface area (Å²) in [4.78, 5) is 31.5. The van der Waals surface area contributed by atoms with Crippen LogP contribution in [0.2, 0.25) is 5.02 Å². The Morgan fingerprint density at radius 3 is 2.57 bits per heavy atom. The number of ether oxygens (including phenoxy) is 1. The molecule has 2 amide bonds. The minimum Gasteiger partial charge on any atom is -0.447 e. The number of guanidine groups is 1. The molecule has 2 aromatic carbocycles. The number of hydrogen-bond donors (Lipinski definition) is 5. The Hall–Kier alpha value is -4.27. The Kier molecular flexibility index (Phi) is 9.57. The largest absolute Gasteiger partial charge is 0.447 e. The molecule has 0 bridgehead atoms. The van der Waals surface area contributed by atoms with Gasteiger partial charge in [-0.2, -0.15) is 13.9 Å². The second kappa shape index (κ2) is 13.6. The van der Waals surface area contributed by atoms with Crippen LogP contribution in [0, 0.1) is 5.41 Å². The average Bonchev–Trinajstić information content (AvgIpc) is 3.64.